The average Bonchev–Trinajstić information content (AvgIpc) is 2.32. The molecular formula is C7H7NO3. The first-order chi connectivity index (χ1) is 5.13. The summed E-state index contributed by atoms with van der Waals surface area (Å²) in [6.45, 7) is 1.31. The molecule has 0 radical (unpaired) electrons. The summed E-state index contributed by atoms with van der Waals surface area (Å²) in [4.78, 5) is 21.1. The van der Waals surface area contributed by atoms with Gasteiger partial charge in [-0.2, -0.15) is 0 Å². The van der Waals surface area contributed by atoms with Gasteiger partial charge in [-0.25, -0.2) is 4.79 Å². The van der Waals surface area contributed by atoms with E-state index < -0.39 is 5.97 Å². The molecule has 58 valence electrons. The van der Waals surface area contributed by atoms with Gasteiger partial charge in [0.05, 0.1) is 0 Å². The van der Waals surface area contributed by atoms with Crippen molar-refractivity contribution >= 4 is 11.9 Å². The largest absolute Gasteiger partial charge is 0.477 e. The number of nitrogens with zero attached hydrogens (tertiary/aromatic N) is 1. The summed E-state index contributed by atoms with van der Waals surface area (Å²) in [5, 5.41) is 8.53. The average molecular weight is 153 g/mol. The Morgan fingerprint density at radius 3 is 2.55 bits per heavy atom. The molecular weight excluding hydrogens is 146 g/mol. The van der Waals surface area contributed by atoms with E-state index in [9.17, 15) is 9.59 Å². The van der Waals surface area contributed by atoms with Crippen molar-refractivity contribution in [1.82, 2.24) is 4.57 Å². The first-order valence-corrected chi connectivity index (χ1v) is 3.04. The Bertz CT molecular complexity index is 272. The van der Waals surface area contributed by atoms with E-state index in [4.69, 9.17) is 5.11 Å². The highest BCUT2D eigenvalue weighted by Gasteiger charge is 2.10. The number of carboxylic acid groups (broad SMARTS) is 1. The molecule has 0 aromatic carbocycles. The third-order valence-electron chi connectivity index (χ3n) is 1.31. The van der Waals surface area contributed by atoms with Crippen molar-refractivity contribution in [1.29, 1.82) is 0 Å². The molecule has 0 spiro atoms. The van der Waals surface area contributed by atoms with Crippen molar-refractivity contribution in [2.24, 2.45) is 0 Å². The Labute approximate surface area is 63.1 Å². The van der Waals surface area contributed by atoms with Crippen molar-refractivity contribution in [3.8, 4) is 0 Å². The number of hydrogen-bond donors (Lipinski definition) is 1. The number of carbonyl (C=O) groups excluding carboxylic acids is 1. The molecule has 1 rings (SSSR count). The van der Waals surface area contributed by atoms with Crippen LogP contribution in [0.15, 0.2) is 18.3 Å². The van der Waals surface area contributed by atoms with Gasteiger partial charge in [-0.3, -0.25) is 9.36 Å². The summed E-state index contributed by atoms with van der Waals surface area (Å²) in [5.41, 5.74) is -0.00231. The molecule has 0 aliphatic rings. The molecule has 1 heterocycles. The highest BCUT2D eigenvalue weighted by atomic mass is 16.4. The van der Waals surface area contributed by atoms with Gasteiger partial charge in [-0.1, -0.05) is 0 Å². The molecule has 0 saturated heterocycles. The van der Waals surface area contributed by atoms with Gasteiger partial charge in [0, 0.05) is 13.1 Å². The van der Waals surface area contributed by atoms with Gasteiger partial charge in [0.1, 0.15) is 5.69 Å². The van der Waals surface area contributed by atoms with E-state index in [0.29, 0.717) is 0 Å². The standard InChI is InChI=1S/C7H7NO3/c1-5(9)8-4-2-3-6(8)7(10)11/h2-4H,1H3,(H,10,11). The Kier molecular flexibility index (Phi) is 1.76. The zero-order chi connectivity index (χ0) is 8.43. The fraction of sp³-hybridized carbons (Fsp3) is 0.143. The smallest absolute Gasteiger partial charge is 0.352 e. The van der Waals surface area contributed by atoms with E-state index in [-0.39, 0.29) is 11.6 Å². The van der Waals surface area contributed by atoms with E-state index in [0.717, 1.165) is 4.57 Å². The van der Waals surface area contributed by atoms with Crippen LogP contribution < -0.4 is 0 Å². The highest BCUT2D eigenvalue weighted by molar-refractivity contribution is 5.91. The Morgan fingerprint density at radius 1 is 1.55 bits per heavy atom. The van der Waals surface area contributed by atoms with Crippen LogP contribution in [0.5, 0.6) is 0 Å². The lowest BCUT2D eigenvalue weighted by molar-refractivity contribution is 0.0675. The molecule has 0 saturated carbocycles. The summed E-state index contributed by atoms with van der Waals surface area (Å²) in [7, 11) is 0. The van der Waals surface area contributed by atoms with Crippen LogP contribution in [0.1, 0.15) is 22.2 Å². The molecule has 4 heteroatoms. The maximum atomic E-state index is 10.7. The molecule has 0 aliphatic carbocycles. The van der Waals surface area contributed by atoms with Gasteiger partial charge in [0.25, 0.3) is 0 Å². The monoisotopic (exact) mass is 153 g/mol. The fourth-order valence-corrected chi connectivity index (χ4v) is 0.830. The molecule has 0 aliphatic heterocycles. The predicted octanol–water partition coefficient (Wildman–Crippen LogP) is 0.846. The lowest BCUT2D eigenvalue weighted by Crippen LogP contribution is -2.12. The normalized spacial score (nSPS) is 9.55. The number of rotatable bonds is 1. The minimum absolute atomic E-state index is 0.00231. The first kappa shape index (κ1) is 7.53. The lowest BCUT2D eigenvalue weighted by atomic mass is 10.4. The maximum absolute atomic E-state index is 10.7. The van der Waals surface area contributed by atoms with Crippen LogP contribution in [0.4, 0.5) is 0 Å². The molecule has 0 bridgehead atoms. The van der Waals surface area contributed by atoms with Crippen molar-refractivity contribution in [3.63, 3.8) is 0 Å². The van der Waals surface area contributed by atoms with Crippen LogP contribution in [0.3, 0.4) is 0 Å². The third-order valence-corrected chi connectivity index (χ3v) is 1.31. The maximum Gasteiger partial charge on any atom is 0.352 e. The van der Waals surface area contributed by atoms with E-state index in [1.54, 1.807) is 0 Å². The van der Waals surface area contributed by atoms with Crippen LogP contribution in [-0.2, 0) is 0 Å². The second kappa shape index (κ2) is 2.57. The predicted molar refractivity (Wildman–Crippen MR) is 37.7 cm³/mol. The molecule has 0 amide bonds. The number of aromatic nitrogens is 1. The molecule has 0 atom stereocenters. The summed E-state index contributed by atoms with van der Waals surface area (Å²) in [5.74, 6) is -1.39. The van der Waals surface area contributed by atoms with E-state index in [1.165, 1.54) is 25.3 Å². The first-order valence-electron chi connectivity index (χ1n) is 3.04. The number of carbonyl (C=O) groups is 2. The second-order valence-electron chi connectivity index (χ2n) is 2.09. The number of carboxylic acids is 1. The van der Waals surface area contributed by atoms with Crippen LogP contribution in [0.25, 0.3) is 0 Å². The van der Waals surface area contributed by atoms with Gasteiger partial charge in [0.2, 0.25) is 5.91 Å². The summed E-state index contributed by atoms with van der Waals surface area (Å²) >= 11 is 0. The Hall–Kier alpha value is -1.58. The lowest BCUT2D eigenvalue weighted by Gasteiger charge is -1.97. The molecule has 4 nitrogen and oxygen atoms in total. The van der Waals surface area contributed by atoms with Crippen molar-refractivity contribution in [3.05, 3.63) is 24.0 Å². The SMILES string of the molecule is CC(=O)n1cccc1C(=O)O. The zero-order valence-corrected chi connectivity index (χ0v) is 5.94. The van der Waals surface area contributed by atoms with Crippen LogP contribution >= 0.6 is 0 Å². The van der Waals surface area contributed by atoms with Crippen molar-refractivity contribution < 1.29 is 14.7 Å². The van der Waals surface area contributed by atoms with Crippen molar-refractivity contribution in [2.45, 2.75) is 6.92 Å². The third kappa shape index (κ3) is 1.29. The second-order valence-corrected chi connectivity index (χ2v) is 2.09. The summed E-state index contributed by atoms with van der Waals surface area (Å²) in [6, 6.07) is 2.90. The van der Waals surface area contributed by atoms with E-state index >= 15 is 0 Å². The van der Waals surface area contributed by atoms with Crippen molar-refractivity contribution in [2.75, 3.05) is 0 Å². The molecule has 1 aromatic rings. The molecule has 1 aromatic heterocycles. The van der Waals surface area contributed by atoms with Crippen LogP contribution in [-0.4, -0.2) is 21.6 Å². The van der Waals surface area contributed by atoms with Gasteiger partial charge < -0.3 is 5.11 Å². The van der Waals surface area contributed by atoms with Gasteiger partial charge in [-0.05, 0) is 12.1 Å². The highest BCUT2D eigenvalue weighted by Crippen LogP contribution is 2.00. The zero-order valence-electron chi connectivity index (χ0n) is 5.94. The quantitative estimate of drug-likeness (QED) is 0.650. The molecule has 1 N–H and O–H groups in total. The van der Waals surface area contributed by atoms with Gasteiger partial charge in [0.15, 0.2) is 0 Å². The van der Waals surface area contributed by atoms with Crippen LogP contribution in [0, 0.1) is 0 Å². The Morgan fingerprint density at radius 2 is 2.18 bits per heavy atom. The summed E-state index contributed by atoms with van der Waals surface area (Å²) in [6.07, 6.45) is 1.42. The van der Waals surface area contributed by atoms with E-state index in [2.05, 4.69) is 0 Å². The topological polar surface area (TPSA) is 59.3 Å². The minimum Gasteiger partial charge on any atom is -0.477 e. The molecule has 0 fully saturated rings. The molecule has 0 unspecified atom stereocenters. The van der Waals surface area contributed by atoms with Gasteiger partial charge >= 0.3 is 5.97 Å². The van der Waals surface area contributed by atoms with E-state index in [1.807, 2.05) is 0 Å². The fourth-order valence-electron chi connectivity index (χ4n) is 0.830. The Balaban J connectivity index is 3.16. The summed E-state index contributed by atoms with van der Waals surface area (Å²) < 4.78 is 1.09. The molecule has 11 heavy (non-hydrogen) atoms. The number of hydrogen-bond acceptors (Lipinski definition) is 2. The number of aromatic carboxylic acids is 1. The van der Waals surface area contributed by atoms with Crippen LogP contribution in [0.2, 0.25) is 0 Å². The minimum atomic E-state index is -1.09. The van der Waals surface area contributed by atoms with Gasteiger partial charge in [-0.15, -0.1) is 0 Å².